The molecule has 2 atom stereocenters. The Morgan fingerprint density at radius 3 is 2.50 bits per heavy atom. The Labute approximate surface area is 143 Å². The van der Waals surface area contributed by atoms with Crippen molar-refractivity contribution in [3.63, 3.8) is 0 Å². The zero-order valence-electron chi connectivity index (χ0n) is 14.6. The summed E-state index contributed by atoms with van der Waals surface area (Å²) in [7, 11) is 3.50. The highest BCUT2D eigenvalue weighted by Crippen LogP contribution is 2.27. The Morgan fingerprint density at radius 2 is 1.88 bits per heavy atom. The topological polar surface area (TPSA) is 47.5 Å². The molecule has 1 aromatic carbocycles. The van der Waals surface area contributed by atoms with Crippen LogP contribution >= 0.6 is 0 Å². The van der Waals surface area contributed by atoms with Crippen LogP contribution in [-0.4, -0.2) is 43.6 Å². The van der Waals surface area contributed by atoms with Crippen LogP contribution in [0.4, 0.5) is 5.82 Å². The van der Waals surface area contributed by atoms with Gasteiger partial charge in [0.1, 0.15) is 5.75 Å². The Balaban J connectivity index is 1.71. The molecule has 1 saturated heterocycles. The Morgan fingerprint density at radius 1 is 1.08 bits per heavy atom. The van der Waals surface area contributed by atoms with E-state index in [2.05, 4.69) is 33.3 Å². The maximum atomic E-state index is 5.74. The first-order valence-electron chi connectivity index (χ1n) is 8.40. The zero-order valence-corrected chi connectivity index (χ0v) is 14.6. The number of aromatic nitrogens is 2. The summed E-state index contributed by atoms with van der Waals surface area (Å²) < 4.78 is 11.0. The van der Waals surface area contributed by atoms with Crippen molar-refractivity contribution >= 4 is 5.82 Å². The summed E-state index contributed by atoms with van der Waals surface area (Å²) >= 11 is 0. The van der Waals surface area contributed by atoms with E-state index < -0.39 is 0 Å². The summed E-state index contributed by atoms with van der Waals surface area (Å²) in [6.45, 7) is 3.85. The molecule has 0 aliphatic carbocycles. The molecule has 0 unspecified atom stereocenters. The molecule has 0 radical (unpaired) electrons. The maximum absolute atomic E-state index is 5.74. The van der Waals surface area contributed by atoms with Crippen LogP contribution in [0.25, 0.3) is 0 Å². The third-order valence-corrected chi connectivity index (χ3v) is 4.73. The normalized spacial score (nSPS) is 20.9. The number of hydrogen-bond donors (Lipinski definition) is 0. The number of methoxy groups -OCH3 is 2. The number of nitrogens with zero attached hydrogens (tertiary/aromatic N) is 3. The molecule has 0 amide bonds. The van der Waals surface area contributed by atoms with Gasteiger partial charge in [-0.1, -0.05) is 12.1 Å². The second kappa shape index (κ2) is 7.62. The SMILES string of the molecule is COc1ccc(C[C@H]2CN(c3ccc(C)nn3)CC[C@H]2OC)cc1. The number of hydrogen-bond acceptors (Lipinski definition) is 5. The minimum Gasteiger partial charge on any atom is -0.497 e. The minimum atomic E-state index is 0.279. The quantitative estimate of drug-likeness (QED) is 0.845. The highest BCUT2D eigenvalue weighted by Gasteiger charge is 2.30. The standard InChI is InChI=1S/C19H25N3O2/c1-14-4-9-19(21-20-14)22-11-10-18(24-3)16(13-22)12-15-5-7-17(23-2)8-6-15/h4-9,16,18H,10-13H2,1-3H3/t16-,18+/m0/s1. The van der Waals surface area contributed by atoms with Crippen molar-refractivity contribution in [1.29, 1.82) is 0 Å². The van der Waals surface area contributed by atoms with Gasteiger partial charge < -0.3 is 14.4 Å². The lowest BCUT2D eigenvalue weighted by molar-refractivity contribution is 0.0375. The predicted octanol–water partition coefficient (Wildman–Crippen LogP) is 2.88. The van der Waals surface area contributed by atoms with Crippen molar-refractivity contribution in [1.82, 2.24) is 10.2 Å². The van der Waals surface area contributed by atoms with E-state index in [1.165, 1.54) is 5.56 Å². The molecule has 5 heteroatoms. The average Bonchev–Trinajstić information content (AvgIpc) is 2.63. The van der Waals surface area contributed by atoms with Crippen molar-refractivity contribution in [2.45, 2.75) is 25.9 Å². The van der Waals surface area contributed by atoms with Crippen molar-refractivity contribution in [2.24, 2.45) is 5.92 Å². The van der Waals surface area contributed by atoms with E-state index >= 15 is 0 Å². The molecule has 1 aliphatic heterocycles. The monoisotopic (exact) mass is 327 g/mol. The lowest BCUT2D eigenvalue weighted by Gasteiger charge is -2.38. The van der Waals surface area contributed by atoms with Gasteiger partial charge in [0.05, 0.1) is 18.9 Å². The van der Waals surface area contributed by atoms with Gasteiger partial charge >= 0.3 is 0 Å². The second-order valence-electron chi connectivity index (χ2n) is 6.35. The van der Waals surface area contributed by atoms with Gasteiger partial charge in [-0.15, -0.1) is 5.10 Å². The van der Waals surface area contributed by atoms with Crippen LogP contribution in [0, 0.1) is 12.8 Å². The molecule has 5 nitrogen and oxygen atoms in total. The van der Waals surface area contributed by atoms with Gasteiger partial charge in [-0.3, -0.25) is 0 Å². The van der Waals surface area contributed by atoms with Crippen molar-refractivity contribution in [3.8, 4) is 5.75 Å². The third kappa shape index (κ3) is 3.85. The first-order chi connectivity index (χ1) is 11.7. The molecular formula is C19H25N3O2. The number of anilines is 1. The minimum absolute atomic E-state index is 0.279. The van der Waals surface area contributed by atoms with E-state index in [1.54, 1.807) is 7.11 Å². The van der Waals surface area contributed by atoms with Gasteiger partial charge in [-0.25, -0.2) is 0 Å². The lowest BCUT2D eigenvalue weighted by atomic mass is 9.88. The molecule has 0 saturated carbocycles. The van der Waals surface area contributed by atoms with Crippen LogP contribution in [0.5, 0.6) is 5.75 Å². The molecule has 1 aromatic heterocycles. The molecule has 0 spiro atoms. The fourth-order valence-electron chi connectivity index (χ4n) is 3.35. The highest BCUT2D eigenvalue weighted by atomic mass is 16.5. The van der Waals surface area contributed by atoms with Crippen molar-refractivity contribution in [2.75, 3.05) is 32.2 Å². The summed E-state index contributed by atoms with van der Waals surface area (Å²) in [5, 5.41) is 8.52. The second-order valence-corrected chi connectivity index (χ2v) is 6.35. The highest BCUT2D eigenvalue weighted by molar-refractivity contribution is 5.38. The molecular weight excluding hydrogens is 302 g/mol. The number of ether oxygens (including phenoxy) is 2. The van der Waals surface area contributed by atoms with Gasteiger partial charge in [0.2, 0.25) is 0 Å². The molecule has 24 heavy (non-hydrogen) atoms. The molecule has 0 bridgehead atoms. The smallest absolute Gasteiger partial charge is 0.151 e. The van der Waals surface area contributed by atoms with Gasteiger partial charge in [0.15, 0.2) is 5.82 Å². The zero-order chi connectivity index (χ0) is 16.9. The Bertz CT molecular complexity index is 643. The van der Waals surface area contributed by atoms with Crippen LogP contribution < -0.4 is 9.64 Å². The van der Waals surface area contributed by atoms with E-state index in [4.69, 9.17) is 9.47 Å². The molecule has 0 N–H and O–H groups in total. The first-order valence-corrected chi connectivity index (χ1v) is 8.40. The third-order valence-electron chi connectivity index (χ3n) is 4.73. The fraction of sp³-hybridized carbons (Fsp3) is 0.474. The van der Waals surface area contributed by atoms with Crippen molar-refractivity contribution < 1.29 is 9.47 Å². The predicted molar refractivity (Wildman–Crippen MR) is 94.6 cm³/mol. The van der Waals surface area contributed by atoms with Crippen LogP contribution in [0.3, 0.4) is 0 Å². The maximum Gasteiger partial charge on any atom is 0.151 e. The van der Waals surface area contributed by atoms with Crippen LogP contribution in [0.1, 0.15) is 17.7 Å². The molecule has 1 fully saturated rings. The molecule has 3 rings (SSSR count). The number of aryl methyl sites for hydroxylation is 1. The van der Waals surface area contributed by atoms with E-state index in [-0.39, 0.29) is 6.10 Å². The summed E-state index contributed by atoms with van der Waals surface area (Å²) in [6.07, 6.45) is 2.27. The molecule has 1 aliphatic rings. The van der Waals surface area contributed by atoms with E-state index in [0.29, 0.717) is 5.92 Å². The Kier molecular flexibility index (Phi) is 5.30. The number of piperidine rings is 1. The summed E-state index contributed by atoms with van der Waals surface area (Å²) in [4.78, 5) is 2.32. The Hall–Kier alpha value is -2.14. The summed E-state index contributed by atoms with van der Waals surface area (Å²) in [6, 6.07) is 12.4. The fourth-order valence-corrected chi connectivity index (χ4v) is 3.35. The first kappa shape index (κ1) is 16.7. The van der Waals surface area contributed by atoms with Crippen LogP contribution in [-0.2, 0) is 11.2 Å². The van der Waals surface area contributed by atoms with E-state index in [0.717, 1.165) is 43.2 Å². The van der Waals surface area contributed by atoms with Gasteiger partial charge in [-0.2, -0.15) is 5.10 Å². The van der Waals surface area contributed by atoms with Crippen LogP contribution in [0.2, 0.25) is 0 Å². The summed E-state index contributed by atoms with van der Waals surface area (Å²) in [5.74, 6) is 2.28. The number of benzene rings is 1. The van der Waals surface area contributed by atoms with Crippen molar-refractivity contribution in [3.05, 3.63) is 47.7 Å². The van der Waals surface area contributed by atoms with E-state index in [9.17, 15) is 0 Å². The van der Waals surface area contributed by atoms with Gasteiger partial charge in [0, 0.05) is 26.1 Å². The number of rotatable bonds is 5. The molecule has 128 valence electrons. The largest absolute Gasteiger partial charge is 0.497 e. The molecule has 2 heterocycles. The molecule has 2 aromatic rings. The van der Waals surface area contributed by atoms with Gasteiger partial charge in [0.25, 0.3) is 0 Å². The van der Waals surface area contributed by atoms with Gasteiger partial charge in [-0.05, 0) is 49.6 Å². The average molecular weight is 327 g/mol. The van der Waals surface area contributed by atoms with E-state index in [1.807, 2.05) is 32.2 Å². The summed E-state index contributed by atoms with van der Waals surface area (Å²) in [5.41, 5.74) is 2.25. The van der Waals surface area contributed by atoms with Crippen LogP contribution in [0.15, 0.2) is 36.4 Å². The lowest BCUT2D eigenvalue weighted by Crippen LogP contribution is -2.45.